The molecule has 0 saturated carbocycles. The largest absolute Gasteiger partial charge is 0.300 e. The van der Waals surface area contributed by atoms with Crippen molar-refractivity contribution >= 4 is 29.1 Å². The lowest BCUT2D eigenvalue weighted by atomic mass is 10.2. The third kappa shape index (κ3) is 4.38. The Bertz CT molecular complexity index is 249. The number of aromatic nitrogens is 2. The van der Waals surface area contributed by atoms with Crippen LogP contribution < -0.4 is 0 Å². The highest BCUT2D eigenvalue weighted by molar-refractivity contribution is 8.00. The summed E-state index contributed by atoms with van der Waals surface area (Å²) in [6.07, 6.45) is 3.85. The zero-order valence-corrected chi connectivity index (χ0v) is 9.16. The molecule has 5 heteroatoms. The van der Waals surface area contributed by atoms with Gasteiger partial charge in [-0.2, -0.15) is 4.37 Å². The van der Waals surface area contributed by atoms with Crippen molar-refractivity contribution in [2.45, 2.75) is 30.5 Å². The van der Waals surface area contributed by atoms with E-state index in [1.54, 1.807) is 18.1 Å². The Morgan fingerprint density at radius 3 is 3.15 bits per heavy atom. The third-order valence-electron chi connectivity index (χ3n) is 1.56. The summed E-state index contributed by atoms with van der Waals surface area (Å²) in [6.45, 7) is 1.90. The van der Waals surface area contributed by atoms with E-state index in [2.05, 4.69) is 9.36 Å². The minimum Gasteiger partial charge on any atom is -0.300 e. The molecule has 0 aromatic carbocycles. The molecule has 0 radical (unpaired) electrons. The van der Waals surface area contributed by atoms with Gasteiger partial charge < -0.3 is 0 Å². The molecule has 0 atom stereocenters. The molecule has 0 aliphatic carbocycles. The molecule has 0 unspecified atom stereocenters. The van der Waals surface area contributed by atoms with Gasteiger partial charge in [0.15, 0.2) is 4.34 Å². The average Bonchev–Trinajstić information content (AvgIpc) is 2.64. The number of carbonyl (C=O) groups excluding carboxylic acids is 1. The van der Waals surface area contributed by atoms with Crippen LogP contribution in [0.2, 0.25) is 0 Å². The highest BCUT2D eigenvalue weighted by atomic mass is 32.2. The first-order chi connectivity index (χ1) is 6.33. The Morgan fingerprint density at radius 1 is 1.69 bits per heavy atom. The topological polar surface area (TPSA) is 42.9 Å². The number of Topliss-reactive ketones (excluding diaryl/α,β-unsaturated/α-hetero) is 1. The SMILES string of the molecule is CCC(=O)CCCSc1ncns1. The van der Waals surface area contributed by atoms with Crippen LogP contribution in [0, 0.1) is 0 Å². The minimum absolute atomic E-state index is 0.345. The zero-order chi connectivity index (χ0) is 9.52. The van der Waals surface area contributed by atoms with E-state index in [1.807, 2.05) is 6.92 Å². The van der Waals surface area contributed by atoms with Crippen molar-refractivity contribution in [3.8, 4) is 0 Å². The van der Waals surface area contributed by atoms with E-state index in [4.69, 9.17) is 0 Å². The van der Waals surface area contributed by atoms with Gasteiger partial charge in [0.25, 0.3) is 0 Å². The van der Waals surface area contributed by atoms with Crippen molar-refractivity contribution in [1.82, 2.24) is 9.36 Å². The lowest BCUT2D eigenvalue weighted by molar-refractivity contribution is -0.118. The Balaban J connectivity index is 2.05. The van der Waals surface area contributed by atoms with Crippen LogP contribution in [0.4, 0.5) is 0 Å². The second-order valence-electron chi connectivity index (χ2n) is 2.55. The number of rotatable bonds is 6. The second-order valence-corrected chi connectivity index (χ2v) is 4.67. The maximum atomic E-state index is 10.9. The summed E-state index contributed by atoms with van der Waals surface area (Å²) < 4.78 is 4.88. The molecule has 13 heavy (non-hydrogen) atoms. The molecule has 0 aliphatic rings. The second kappa shape index (κ2) is 6.10. The van der Waals surface area contributed by atoms with Crippen molar-refractivity contribution in [3.05, 3.63) is 6.33 Å². The zero-order valence-electron chi connectivity index (χ0n) is 7.52. The molecule has 1 rings (SSSR count). The molecular formula is C8H12N2OS2. The van der Waals surface area contributed by atoms with Gasteiger partial charge in [0.05, 0.1) is 0 Å². The highest BCUT2D eigenvalue weighted by Gasteiger charge is 2.00. The van der Waals surface area contributed by atoms with Crippen LogP contribution in [0.3, 0.4) is 0 Å². The summed E-state index contributed by atoms with van der Waals surface area (Å²) in [4.78, 5) is 15.0. The van der Waals surface area contributed by atoms with Crippen LogP contribution >= 0.6 is 23.3 Å². The van der Waals surface area contributed by atoms with Crippen molar-refractivity contribution in [2.24, 2.45) is 0 Å². The summed E-state index contributed by atoms with van der Waals surface area (Å²) in [5.41, 5.74) is 0. The number of thioether (sulfide) groups is 1. The number of ketones is 1. The van der Waals surface area contributed by atoms with Crippen LogP contribution in [-0.4, -0.2) is 20.9 Å². The molecule has 1 aromatic rings. The maximum absolute atomic E-state index is 10.9. The van der Waals surface area contributed by atoms with Gasteiger partial charge in [0.1, 0.15) is 12.1 Å². The number of hydrogen-bond donors (Lipinski definition) is 0. The van der Waals surface area contributed by atoms with Crippen molar-refractivity contribution in [1.29, 1.82) is 0 Å². The van der Waals surface area contributed by atoms with E-state index < -0.39 is 0 Å². The van der Waals surface area contributed by atoms with Crippen LogP contribution in [0.1, 0.15) is 26.2 Å². The van der Waals surface area contributed by atoms with Crippen LogP contribution in [-0.2, 0) is 4.79 Å². The van der Waals surface area contributed by atoms with E-state index in [1.165, 1.54) is 11.5 Å². The molecule has 0 bridgehead atoms. The molecule has 0 spiro atoms. The molecule has 0 aliphatic heterocycles. The first kappa shape index (κ1) is 10.7. The van der Waals surface area contributed by atoms with E-state index in [9.17, 15) is 4.79 Å². The number of hydrogen-bond acceptors (Lipinski definition) is 5. The summed E-state index contributed by atoms with van der Waals surface area (Å²) in [7, 11) is 0. The predicted octanol–water partition coefficient (Wildman–Crippen LogP) is 2.39. The van der Waals surface area contributed by atoms with Gasteiger partial charge in [-0.05, 0) is 18.0 Å². The Labute approximate surface area is 86.1 Å². The summed E-state index contributed by atoms with van der Waals surface area (Å²) in [5, 5.41) is 0. The fourth-order valence-corrected chi connectivity index (χ4v) is 2.29. The average molecular weight is 216 g/mol. The lowest BCUT2D eigenvalue weighted by Gasteiger charge is -1.96. The van der Waals surface area contributed by atoms with Gasteiger partial charge in [-0.25, -0.2) is 4.98 Å². The van der Waals surface area contributed by atoms with Gasteiger partial charge in [-0.3, -0.25) is 4.79 Å². The molecule has 0 amide bonds. The van der Waals surface area contributed by atoms with E-state index in [0.717, 1.165) is 16.5 Å². The third-order valence-corrected chi connectivity index (χ3v) is 3.44. The fraction of sp³-hybridized carbons (Fsp3) is 0.625. The highest BCUT2D eigenvalue weighted by Crippen LogP contribution is 2.19. The molecule has 0 saturated heterocycles. The Hall–Kier alpha value is -0.420. The van der Waals surface area contributed by atoms with Crippen molar-refractivity contribution < 1.29 is 4.79 Å². The van der Waals surface area contributed by atoms with Gasteiger partial charge in [0, 0.05) is 18.6 Å². The Morgan fingerprint density at radius 2 is 2.54 bits per heavy atom. The van der Waals surface area contributed by atoms with Crippen LogP contribution in [0.25, 0.3) is 0 Å². The van der Waals surface area contributed by atoms with Crippen LogP contribution in [0.5, 0.6) is 0 Å². The normalized spacial score (nSPS) is 10.2. The molecule has 1 heterocycles. The van der Waals surface area contributed by atoms with Gasteiger partial charge in [-0.1, -0.05) is 18.7 Å². The first-order valence-corrected chi connectivity index (χ1v) is 6.00. The maximum Gasteiger partial charge on any atom is 0.169 e. The molecule has 0 N–H and O–H groups in total. The quantitative estimate of drug-likeness (QED) is 0.541. The standard InChI is InChI=1S/C8H12N2OS2/c1-2-7(11)4-3-5-12-8-9-6-10-13-8/h6H,2-5H2,1H3. The smallest absolute Gasteiger partial charge is 0.169 e. The number of carbonyl (C=O) groups is 1. The minimum atomic E-state index is 0.345. The lowest BCUT2D eigenvalue weighted by Crippen LogP contribution is -1.95. The van der Waals surface area contributed by atoms with E-state index in [0.29, 0.717) is 18.6 Å². The van der Waals surface area contributed by atoms with Crippen molar-refractivity contribution in [2.75, 3.05) is 5.75 Å². The monoisotopic (exact) mass is 216 g/mol. The number of nitrogens with zero attached hydrogens (tertiary/aromatic N) is 2. The molecule has 72 valence electrons. The molecule has 3 nitrogen and oxygen atoms in total. The first-order valence-electron chi connectivity index (χ1n) is 4.24. The van der Waals surface area contributed by atoms with Gasteiger partial charge in [-0.15, -0.1) is 0 Å². The fourth-order valence-electron chi connectivity index (χ4n) is 0.832. The van der Waals surface area contributed by atoms with Gasteiger partial charge >= 0.3 is 0 Å². The molecule has 1 aromatic heterocycles. The predicted molar refractivity (Wildman–Crippen MR) is 55.2 cm³/mol. The molecule has 0 fully saturated rings. The molecular weight excluding hydrogens is 204 g/mol. The summed E-state index contributed by atoms with van der Waals surface area (Å²) in [6, 6.07) is 0. The van der Waals surface area contributed by atoms with E-state index >= 15 is 0 Å². The van der Waals surface area contributed by atoms with Crippen LogP contribution in [0.15, 0.2) is 10.7 Å². The summed E-state index contributed by atoms with van der Waals surface area (Å²) in [5.74, 6) is 1.30. The Kier molecular flexibility index (Phi) is 5.00. The van der Waals surface area contributed by atoms with Gasteiger partial charge in [0.2, 0.25) is 0 Å². The summed E-state index contributed by atoms with van der Waals surface area (Å²) >= 11 is 3.08. The van der Waals surface area contributed by atoms with Crippen molar-refractivity contribution in [3.63, 3.8) is 0 Å². The van der Waals surface area contributed by atoms with E-state index in [-0.39, 0.29) is 0 Å².